The lowest BCUT2D eigenvalue weighted by molar-refractivity contribution is -0.137. The van der Waals surface area contributed by atoms with E-state index in [4.69, 9.17) is 0 Å². The third-order valence-electron chi connectivity index (χ3n) is 4.25. The number of aryl methyl sites for hydroxylation is 1. The van der Waals surface area contributed by atoms with Gasteiger partial charge in [0.05, 0.1) is 24.2 Å². The van der Waals surface area contributed by atoms with Gasteiger partial charge in [-0.1, -0.05) is 18.2 Å². The molecule has 0 aliphatic rings. The Morgan fingerprint density at radius 1 is 1.20 bits per heavy atom. The Bertz CT molecular complexity index is 948. The number of aliphatic carboxylic acids is 1. The Hall–Kier alpha value is -3.22. The molecule has 7 heteroatoms. The lowest BCUT2D eigenvalue weighted by Crippen LogP contribution is -2.30. The van der Waals surface area contributed by atoms with E-state index in [9.17, 15) is 14.7 Å². The fraction of sp³-hybridized carbons (Fsp3) is 0.222. The van der Waals surface area contributed by atoms with Crippen LogP contribution in [0.15, 0.2) is 42.7 Å². The van der Waals surface area contributed by atoms with Crippen LogP contribution in [-0.4, -0.2) is 31.8 Å². The molecule has 0 aliphatic carbocycles. The molecule has 7 nitrogen and oxygen atoms in total. The van der Waals surface area contributed by atoms with Crippen LogP contribution < -0.4 is 5.32 Å². The second kappa shape index (κ2) is 6.72. The van der Waals surface area contributed by atoms with E-state index in [-0.39, 0.29) is 12.3 Å². The molecule has 128 valence electrons. The topological polar surface area (TPSA) is 96.6 Å². The number of fused-ring (bicyclic) bond motifs is 1. The molecular formula is C18H18N4O3. The highest BCUT2D eigenvalue weighted by Gasteiger charge is 2.22. The summed E-state index contributed by atoms with van der Waals surface area (Å²) >= 11 is 0. The standard InChI is InChI=1S/C18H18N4O3/c1-11-5-3-6-13(12(11)2)15(9-17(23)24)21-18(25)14-10-20-22-16(14)7-4-8-19-22/h3-8,10,15H,9H2,1-2H3,(H,21,25)(H,23,24)/t15-/m1/s1. The van der Waals surface area contributed by atoms with Crippen molar-refractivity contribution in [1.82, 2.24) is 20.1 Å². The van der Waals surface area contributed by atoms with Crippen molar-refractivity contribution >= 4 is 17.4 Å². The molecule has 1 atom stereocenters. The summed E-state index contributed by atoms with van der Waals surface area (Å²) in [6, 6.07) is 8.48. The Balaban J connectivity index is 1.94. The van der Waals surface area contributed by atoms with E-state index >= 15 is 0 Å². The van der Waals surface area contributed by atoms with Gasteiger partial charge in [-0.05, 0) is 42.7 Å². The molecule has 0 bridgehead atoms. The number of amides is 1. The molecule has 2 aromatic heterocycles. The van der Waals surface area contributed by atoms with E-state index in [1.807, 2.05) is 32.0 Å². The minimum atomic E-state index is -0.979. The fourth-order valence-corrected chi connectivity index (χ4v) is 2.81. The predicted octanol–water partition coefficient (Wildman–Crippen LogP) is 2.29. The van der Waals surface area contributed by atoms with Gasteiger partial charge < -0.3 is 10.4 Å². The van der Waals surface area contributed by atoms with Gasteiger partial charge in [-0.25, -0.2) is 0 Å². The zero-order valence-corrected chi connectivity index (χ0v) is 13.9. The van der Waals surface area contributed by atoms with Gasteiger partial charge in [-0.3, -0.25) is 9.59 Å². The summed E-state index contributed by atoms with van der Waals surface area (Å²) in [5, 5.41) is 20.1. The first-order valence-corrected chi connectivity index (χ1v) is 7.85. The quantitative estimate of drug-likeness (QED) is 0.744. The first kappa shape index (κ1) is 16.6. The van der Waals surface area contributed by atoms with Crippen molar-refractivity contribution in [3.05, 3.63) is 65.0 Å². The van der Waals surface area contributed by atoms with E-state index in [1.54, 1.807) is 18.3 Å². The number of nitrogens with one attached hydrogen (secondary N) is 1. The molecule has 2 heterocycles. The molecule has 0 fully saturated rings. The Kier molecular flexibility index (Phi) is 4.47. The number of carboxylic acid groups (broad SMARTS) is 1. The average molecular weight is 338 g/mol. The zero-order chi connectivity index (χ0) is 18.0. The number of aromatic nitrogens is 3. The van der Waals surface area contributed by atoms with Crippen LogP contribution in [-0.2, 0) is 4.79 Å². The van der Waals surface area contributed by atoms with Crippen molar-refractivity contribution in [2.45, 2.75) is 26.3 Å². The third kappa shape index (κ3) is 3.35. The average Bonchev–Trinajstić information content (AvgIpc) is 3.00. The molecule has 1 aromatic carbocycles. The second-order valence-electron chi connectivity index (χ2n) is 5.87. The molecule has 25 heavy (non-hydrogen) atoms. The van der Waals surface area contributed by atoms with Crippen molar-refractivity contribution < 1.29 is 14.7 Å². The molecule has 0 radical (unpaired) electrons. The highest BCUT2D eigenvalue weighted by Crippen LogP contribution is 2.24. The van der Waals surface area contributed by atoms with Gasteiger partial charge in [-0.15, -0.1) is 0 Å². The molecule has 1 amide bonds. The normalized spacial score (nSPS) is 12.1. The first-order valence-electron chi connectivity index (χ1n) is 7.85. The van der Waals surface area contributed by atoms with Crippen LogP contribution in [0.2, 0.25) is 0 Å². The maximum atomic E-state index is 12.7. The van der Waals surface area contributed by atoms with Gasteiger partial charge in [-0.2, -0.15) is 14.8 Å². The highest BCUT2D eigenvalue weighted by atomic mass is 16.4. The summed E-state index contributed by atoms with van der Waals surface area (Å²) in [5.74, 6) is -1.36. The van der Waals surface area contributed by atoms with Crippen LogP contribution in [0.4, 0.5) is 0 Å². The van der Waals surface area contributed by atoms with Crippen LogP contribution in [0, 0.1) is 13.8 Å². The second-order valence-corrected chi connectivity index (χ2v) is 5.87. The minimum Gasteiger partial charge on any atom is -0.481 e. The fourth-order valence-electron chi connectivity index (χ4n) is 2.81. The van der Waals surface area contributed by atoms with E-state index in [1.165, 1.54) is 10.8 Å². The number of carboxylic acids is 1. The Labute approximate surface area is 144 Å². The molecular weight excluding hydrogens is 320 g/mol. The summed E-state index contributed by atoms with van der Waals surface area (Å²) in [6.07, 6.45) is 2.80. The van der Waals surface area contributed by atoms with Crippen LogP contribution in [0.5, 0.6) is 0 Å². The van der Waals surface area contributed by atoms with Crippen molar-refractivity contribution in [3.8, 4) is 0 Å². The number of nitrogens with zero attached hydrogens (tertiary/aromatic N) is 3. The molecule has 0 unspecified atom stereocenters. The Morgan fingerprint density at radius 3 is 2.76 bits per heavy atom. The maximum Gasteiger partial charge on any atom is 0.305 e. The van der Waals surface area contributed by atoms with Crippen molar-refractivity contribution in [2.24, 2.45) is 0 Å². The van der Waals surface area contributed by atoms with Crippen LogP contribution in [0.25, 0.3) is 5.52 Å². The lowest BCUT2D eigenvalue weighted by Gasteiger charge is -2.20. The summed E-state index contributed by atoms with van der Waals surface area (Å²) in [4.78, 5) is 24.0. The summed E-state index contributed by atoms with van der Waals surface area (Å²) in [7, 11) is 0. The summed E-state index contributed by atoms with van der Waals surface area (Å²) in [6.45, 7) is 3.88. The smallest absolute Gasteiger partial charge is 0.305 e. The van der Waals surface area contributed by atoms with Gasteiger partial charge in [0.25, 0.3) is 5.91 Å². The summed E-state index contributed by atoms with van der Waals surface area (Å²) < 4.78 is 1.36. The maximum absolute atomic E-state index is 12.7. The van der Waals surface area contributed by atoms with Crippen molar-refractivity contribution in [3.63, 3.8) is 0 Å². The molecule has 0 saturated carbocycles. The molecule has 0 spiro atoms. The summed E-state index contributed by atoms with van der Waals surface area (Å²) in [5.41, 5.74) is 3.73. The largest absolute Gasteiger partial charge is 0.481 e. The van der Waals surface area contributed by atoms with Crippen LogP contribution in [0.1, 0.15) is 39.5 Å². The molecule has 3 aromatic rings. The van der Waals surface area contributed by atoms with E-state index in [2.05, 4.69) is 15.5 Å². The number of benzene rings is 1. The Morgan fingerprint density at radius 2 is 2.00 bits per heavy atom. The van der Waals surface area contributed by atoms with Crippen LogP contribution >= 0.6 is 0 Å². The van der Waals surface area contributed by atoms with Gasteiger partial charge >= 0.3 is 5.97 Å². The SMILES string of the molecule is Cc1cccc([C@@H](CC(=O)O)NC(=O)c2cnn3ncccc23)c1C. The van der Waals surface area contributed by atoms with E-state index in [0.717, 1.165) is 16.7 Å². The third-order valence-corrected chi connectivity index (χ3v) is 4.25. The van der Waals surface area contributed by atoms with Gasteiger partial charge in [0.1, 0.15) is 5.52 Å². The number of carbonyl (C=O) groups is 2. The van der Waals surface area contributed by atoms with Crippen molar-refractivity contribution in [1.29, 1.82) is 0 Å². The zero-order valence-electron chi connectivity index (χ0n) is 13.9. The lowest BCUT2D eigenvalue weighted by atomic mass is 9.95. The number of carbonyl (C=O) groups excluding carboxylic acids is 1. The molecule has 2 N–H and O–H groups in total. The van der Waals surface area contributed by atoms with E-state index in [0.29, 0.717) is 11.1 Å². The molecule has 0 saturated heterocycles. The van der Waals surface area contributed by atoms with Crippen LogP contribution in [0.3, 0.4) is 0 Å². The van der Waals surface area contributed by atoms with Gasteiger partial charge in [0.2, 0.25) is 0 Å². The van der Waals surface area contributed by atoms with Gasteiger partial charge in [0.15, 0.2) is 0 Å². The predicted molar refractivity (Wildman–Crippen MR) is 91.4 cm³/mol. The monoisotopic (exact) mass is 338 g/mol. The van der Waals surface area contributed by atoms with Gasteiger partial charge in [0, 0.05) is 6.20 Å². The molecule has 0 aliphatic heterocycles. The van der Waals surface area contributed by atoms with Crippen molar-refractivity contribution in [2.75, 3.05) is 0 Å². The highest BCUT2D eigenvalue weighted by molar-refractivity contribution is 6.00. The number of hydrogen-bond acceptors (Lipinski definition) is 4. The van der Waals surface area contributed by atoms with E-state index < -0.39 is 12.0 Å². The first-order chi connectivity index (χ1) is 12.0. The number of rotatable bonds is 5. The minimum absolute atomic E-state index is 0.201. The molecule has 3 rings (SSSR count). The number of hydrogen-bond donors (Lipinski definition) is 2.